The van der Waals surface area contributed by atoms with Gasteiger partial charge < -0.3 is 4.90 Å². The lowest BCUT2D eigenvalue weighted by Gasteiger charge is -2.35. The molecule has 184 valence electrons. The molecule has 4 heterocycles. The standard InChI is InChI=1S/C26H29N9O/c1-18-23(19(2)34(30-18)25-9-8-24-29-28-20(3)35(24)31-25)7-10-26(36)33-13-11-32(12-14-33)17-22-6-4-5-21(15-22)16-27/h4-6,8-9,15H,7,10-14,17H2,1-3H3. The van der Waals surface area contributed by atoms with Crippen molar-refractivity contribution in [3.63, 3.8) is 0 Å². The molecule has 0 aliphatic carbocycles. The van der Waals surface area contributed by atoms with Gasteiger partial charge in [0.2, 0.25) is 5.91 Å². The smallest absolute Gasteiger partial charge is 0.222 e. The molecule has 0 unspecified atom stereocenters. The first-order valence-electron chi connectivity index (χ1n) is 12.2. The minimum absolute atomic E-state index is 0.173. The molecule has 0 spiro atoms. The van der Waals surface area contributed by atoms with Crippen molar-refractivity contribution in [2.24, 2.45) is 0 Å². The highest BCUT2D eigenvalue weighted by atomic mass is 16.2. The van der Waals surface area contributed by atoms with Gasteiger partial charge in [-0.2, -0.15) is 14.9 Å². The lowest BCUT2D eigenvalue weighted by atomic mass is 10.1. The van der Waals surface area contributed by atoms with Crippen LogP contribution in [-0.4, -0.2) is 71.5 Å². The van der Waals surface area contributed by atoms with Crippen molar-refractivity contribution in [2.75, 3.05) is 26.2 Å². The van der Waals surface area contributed by atoms with Crippen LogP contribution in [0.2, 0.25) is 0 Å². The second-order valence-electron chi connectivity index (χ2n) is 9.24. The molecule has 1 aromatic carbocycles. The molecule has 1 amide bonds. The highest BCUT2D eigenvalue weighted by Crippen LogP contribution is 2.20. The predicted molar refractivity (Wildman–Crippen MR) is 133 cm³/mol. The Bertz CT molecular complexity index is 1450. The number of aromatic nitrogens is 6. The van der Waals surface area contributed by atoms with Gasteiger partial charge in [-0.15, -0.1) is 15.3 Å². The van der Waals surface area contributed by atoms with Crippen molar-refractivity contribution in [1.29, 1.82) is 5.26 Å². The summed E-state index contributed by atoms with van der Waals surface area (Å²) in [6.45, 7) is 9.75. The van der Waals surface area contributed by atoms with E-state index in [9.17, 15) is 4.79 Å². The van der Waals surface area contributed by atoms with Crippen LogP contribution in [0.5, 0.6) is 0 Å². The maximum absolute atomic E-state index is 13.0. The van der Waals surface area contributed by atoms with Gasteiger partial charge in [0.25, 0.3) is 0 Å². The number of benzene rings is 1. The summed E-state index contributed by atoms with van der Waals surface area (Å²) < 4.78 is 3.53. The van der Waals surface area contributed by atoms with Gasteiger partial charge >= 0.3 is 0 Å². The van der Waals surface area contributed by atoms with Gasteiger partial charge in [0.15, 0.2) is 17.3 Å². The van der Waals surface area contributed by atoms with Gasteiger partial charge in [-0.3, -0.25) is 9.69 Å². The first kappa shape index (κ1) is 23.6. The Balaban J connectivity index is 1.19. The van der Waals surface area contributed by atoms with E-state index in [1.54, 1.807) is 4.52 Å². The third-order valence-corrected chi connectivity index (χ3v) is 6.84. The summed E-state index contributed by atoms with van der Waals surface area (Å²) >= 11 is 0. The van der Waals surface area contributed by atoms with Crippen LogP contribution in [0.25, 0.3) is 11.5 Å². The van der Waals surface area contributed by atoms with E-state index in [1.807, 2.05) is 66.8 Å². The van der Waals surface area contributed by atoms with Crippen molar-refractivity contribution < 1.29 is 4.79 Å². The Kier molecular flexibility index (Phi) is 6.48. The van der Waals surface area contributed by atoms with Crippen molar-refractivity contribution in [3.8, 4) is 11.9 Å². The Labute approximate surface area is 209 Å². The van der Waals surface area contributed by atoms with Crippen LogP contribution in [-0.2, 0) is 17.8 Å². The van der Waals surface area contributed by atoms with E-state index in [0.29, 0.717) is 29.9 Å². The molecule has 1 fully saturated rings. The molecule has 0 saturated carbocycles. The zero-order valence-corrected chi connectivity index (χ0v) is 20.8. The monoisotopic (exact) mass is 483 g/mol. The molecule has 36 heavy (non-hydrogen) atoms. The van der Waals surface area contributed by atoms with E-state index in [1.165, 1.54) is 0 Å². The molecule has 1 aliphatic rings. The third kappa shape index (κ3) is 4.70. The van der Waals surface area contributed by atoms with E-state index in [2.05, 4.69) is 26.3 Å². The molecule has 1 saturated heterocycles. The molecule has 3 aromatic heterocycles. The lowest BCUT2D eigenvalue weighted by Crippen LogP contribution is -2.48. The maximum Gasteiger partial charge on any atom is 0.222 e. The van der Waals surface area contributed by atoms with Crippen molar-refractivity contribution in [3.05, 3.63) is 70.3 Å². The highest BCUT2D eigenvalue weighted by Gasteiger charge is 2.22. The van der Waals surface area contributed by atoms with E-state index >= 15 is 0 Å². The molecule has 10 nitrogen and oxygen atoms in total. The van der Waals surface area contributed by atoms with E-state index in [0.717, 1.165) is 61.1 Å². The fourth-order valence-electron chi connectivity index (χ4n) is 4.80. The number of fused-ring (bicyclic) bond motifs is 1. The SMILES string of the molecule is Cc1nn(-c2ccc3nnc(C)n3n2)c(C)c1CCC(=O)N1CCN(Cc2cccc(C#N)c2)CC1. The Morgan fingerprint density at radius 1 is 1.03 bits per heavy atom. The number of piperazine rings is 1. The second kappa shape index (κ2) is 9.87. The van der Waals surface area contributed by atoms with Crippen LogP contribution in [0.1, 0.15) is 40.3 Å². The normalized spacial score (nSPS) is 14.3. The molecule has 0 N–H and O–H groups in total. The maximum atomic E-state index is 13.0. The summed E-state index contributed by atoms with van der Waals surface area (Å²) in [5, 5.41) is 26.6. The van der Waals surface area contributed by atoms with E-state index in [4.69, 9.17) is 10.4 Å². The lowest BCUT2D eigenvalue weighted by molar-refractivity contribution is -0.133. The molecule has 10 heteroatoms. The minimum atomic E-state index is 0.173. The number of nitriles is 1. The Morgan fingerprint density at radius 3 is 2.61 bits per heavy atom. The largest absolute Gasteiger partial charge is 0.340 e. The number of hydrogen-bond acceptors (Lipinski definition) is 7. The van der Waals surface area contributed by atoms with Gasteiger partial charge in [0.1, 0.15) is 0 Å². The van der Waals surface area contributed by atoms with Crippen LogP contribution in [0, 0.1) is 32.1 Å². The number of rotatable bonds is 6. The summed E-state index contributed by atoms with van der Waals surface area (Å²) in [5.41, 5.74) is 5.49. The quantitative estimate of drug-likeness (QED) is 0.414. The molecule has 1 aliphatic heterocycles. The van der Waals surface area contributed by atoms with Crippen LogP contribution in [0.4, 0.5) is 0 Å². The average molecular weight is 484 g/mol. The van der Waals surface area contributed by atoms with Gasteiger partial charge in [-0.1, -0.05) is 12.1 Å². The fourth-order valence-corrected chi connectivity index (χ4v) is 4.80. The van der Waals surface area contributed by atoms with Gasteiger partial charge in [0, 0.05) is 44.8 Å². The number of hydrogen-bond donors (Lipinski definition) is 0. The van der Waals surface area contributed by atoms with Crippen molar-refractivity contribution in [1.82, 2.24) is 39.4 Å². The molecule has 5 rings (SSSR count). The molecule has 0 bridgehead atoms. The van der Waals surface area contributed by atoms with Crippen LogP contribution in [0.3, 0.4) is 0 Å². The molecule has 0 radical (unpaired) electrons. The summed E-state index contributed by atoms with van der Waals surface area (Å²) in [7, 11) is 0. The van der Waals surface area contributed by atoms with Crippen LogP contribution < -0.4 is 0 Å². The zero-order chi connectivity index (χ0) is 25.2. The first-order chi connectivity index (χ1) is 17.4. The molecular weight excluding hydrogens is 454 g/mol. The summed E-state index contributed by atoms with van der Waals surface area (Å²) in [6.07, 6.45) is 1.10. The molecule has 4 aromatic rings. The summed E-state index contributed by atoms with van der Waals surface area (Å²) in [5.74, 6) is 1.59. The second-order valence-corrected chi connectivity index (χ2v) is 9.24. The molecular formula is C26H29N9O. The van der Waals surface area contributed by atoms with E-state index < -0.39 is 0 Å². The van der Waals surface area contributed by atoms with E-state index in [-0.39, 0.29) is 5.91 Å². The average Bonchev–Trinajstić information content (AvgIpc) is 3.41. The number of amides is 1. The summed E-state index contributed by atoms with van der Waals surface area (Å²) in [6, 6.07) is 13.7. The number of carbonyl (C=O) groups is 1. The molecule has 0 atom stereocenters. The predicted octanol–water partition coefficient (Wildman–Crippen LogP) is 2.38. The fraction of sp³-hybridized carbons (Fsp3) is 0.385. The van der Waals surface area contributed by atoms with Gasteiger partial charge in [-0.05, 0) is 62.6 Å². The van der Waals surface area contributed by atoms with Gasteiger partial charge in [-0.25, -0.2) is 4.68 Å². The minimum Gasteiger partial charge on any atom is -0.340 e. The Morgan fingerprint density at radius 2 is 1.83 bits per heavy atom. The van der Waals surface area contributed by atoms with Crippen LogP contribution in [0.15, 0.2) is 36.4 Å². The van der Waals surface area contributed by atoms with Crippen molar-refractivity contribution in [2.45, 2.75) is 40.2 Å². The number of nitrogens with zero attached hydrogens (tertiary/aromatic N) is 9. The van der Waals surface area contributed by atoms with Crippen LogP contribution >= 0.6 is 0 Å². The summed E-state index contributed by atoms with van der Waals surface area (Å²) in [4.78, 5) is 17.3. The zero-order valence-electron chi connectivity index (χ0n) is 20.8. The van der Waals surface area contributed by atoms with Crippen molar-refractivity contribution >= 4 is 11.6 Å². The number of carbonyl (C=O) groups excluding carboxylic acids is 1. The first-order valence-corrected chi connectivity index (χ1v) is 12.2. The Hall–Kier alpha value is -4.10. The highest BCUT2D eigenvalue weighted by molar-refractivity contribution is 5.76. The number of aryl methyl sites for hydroxylation is 2. The topological polar surface area (TPSA) is 108 Å². The third-order valence-electron chi connectivity index (χ3n) is 6.84. The van der Waals surface area contributed by atoms with Gasteiger partial charge in [0.05, 0.1) is 17.3 Å².